The first kappa shape index (κ1) is 19.4. The second-order valence-electron chi connectivity index (χ2n) is 5.16. The van der Waals surface area contributed by atoms with Gasteiger partial charge in [0.1, 0.15) is 24.9 Å². The predicted molar refractivity (Wildman–Crippen MR) is 91.1 cm³/mol. The van der Waals surface area contributed by atoms with E-state index in [-0.39, 0.29) is 29.8 Å². The molecule has 8 nitrogen and oxygen atoms in total. The number of amides is 1. The van der Waals surface area contributed by atoms with Crippen molar-refractivity contribution in [3.05, 3.63) is 30.4 Å². The summed E-state index contributed by atoms with van der Waals surface area (Å²) in [5, 5.41) is 5.46. The van der Waals surface area contributed by atoms with Crippen LogP contribution in [-0.4, -0.2) is 47.9 Å². The number of ether oxygens (including phenoxy) is 2. The molecule has 10 heteroatoms. The van der Waals surface area contributed by atoms with Crippen LogP contribution in [0.1, 0.15) is 18.8 Å². The molecule has 0 radical (unpaired) electrons. The summed E-state index contributed by atoms with van der Waals surface area (Å²) in [4.78, 5) is 23.1. The summed E-state index contributed by atoms with van der Waals surface area (Å²) in [7, 11) is 1.54. The van der Waals surface area contributed by atoms with E-state index >= 15 is 0 Å². The first-order valence-corrected chi connectivity index (χ1v) is 7.72. The van der Waals surface area contributed by atoms with E-state index in [1.54, 1.807) is 7.11 Å². The third kappa shape index (κ3) is 5.59. The lowest BCUT2D eigenvalue weighted by Gasteiger charge is -2.14. The average molecular weight is 367 g/mol. The van der Waals surface area contributed by atoms with Crippen LogP contribution in [0.4, 0.5) is 26.1 Å². The molecule has 2 rings (SSSR count). The summed E-state index contributed by atoms with van der Waals surface area (Å²) >= 11 is 0. The Morgan fingerprint density at radius 1 is 1.27 bits per heavy atom. The van der Waals surface area contributed by atoms with Crippen molar-refractivity contribution in [2.75, 3.05) is 37.6 Å². The Hall–Kier alpha value is -2.88. The zero-order valence-electron chi connectivity index (χ0n) is 14.3. The number of pyridine rings is 1. The van der Waals surface area contributed by atoms with Crippen LogP contribution in [0.5, 0.6) is 5.75 Å². The number of hydrogen-bond acceptors (Lipinski definition) is 7. The summed E-state index contributed by atoms with van der Waals surface area (Å²) in [5.41, 5.74) is 0.289. The zero-order valence-corrected chi connectivity index (χ0v) is 14.3. The third-order valence-electron chi connectivity index (χ3n) is 3.09. The average Bonchev–Trinajstić information content (AvgIpc) is 2.62. The maximum Gasteiger partial charge on any atom is 0.222 e. The Labute approximate surface area is 149 Å². The fourth-order valence-electron chi connectivity index (χ4n) is 1.95. The van der Waals surface area contributed by atoms with Gasteiger partial charge in [-0.25, -0.2) is 18.7 Å². The molecule has 0 saturated carbocycles. The quantitative estimate of drug-likeness (QED) is 0.657. The van der Waals surface area contributed by atoms with Crippen LogP contribution in [0, 0.1) is 0 Å². The van der Waals surface area contributed by atoms with E-state index in [0.717, 1.165) is 6.20 Å². The van der Waals surface area contributed by atoms with E-state index < -0.39 is 12.8 Å². The molecular formula is C16H19F2N5O3. The highest BCUT2D eigenvalue weighted by molar-refractivity contribution is 5.88. The second-order valence-corrected chi connectivity index (χ2v) is 5.16. The van der Waals surface area contributed by atoms with Gasteiger partial charge in [0.25, 0.3) is 0 Å². The van der Waals surface area contributed by atoms with Gasteiger partial charge in [-0.05, 0) is 0 Å². The maximum atomic E-state index is 13.5. The number of methoxy groups -OCH3 is 1. The van der Waals surface area contributed by atoms with Gasteiger partial charge in [-0.3, -0.25) is 9.78 Å². The zero-order chi connectivity index (χ0) is 18.9. The molecule has 2 heterocycles. The van der Waals surface area contributed by atoms with Gasteiger partial charge in [-0.2, -0.15) is 0 Å². The number of carbonyl (C=O) groups is 1. The molecular weight excluding hydrogens is 348 g/mol. The first-order valence-electron chi connectivity index (χ1n) is 7.72. The maximum absolute atomic E-state index is 13.5. The lowest BCUT2D eigenvalue weighted by atomic mass is 10.3. The molecule has 0 spiro atoms. The summed E-state index contributed by atoms with van der Waals surface area (Å²) in [5.74, 6) is 0.553. The molecule has 0 fully saturated rings. The Balaban J connectivity index is 2.27. The van der Waals surface area contributed by atoms with Crippen LogP contribution in [-0.2, 0) is 9.53 Å². The molecule has 1 atom stereocenters. The Kier molecular flexibility index (Phi) is 7.15. The monoisotopic (exact) mass is 367 g/mol. The van der Waals surface area contributed by atoms with E-state index in [0.29, 0.717) is 18.0 Å². The minimum absolute atomic E-state index is 0.129. The number of nitrogens with one attached hydrogen (secondary N) is 2. The van der Waals surface area contributed by atoms with Crippen LogP contribution >= 0.6 is 0 Å². The van der Waals surface area contributed by atoms with Gasteiger partial charge in [0.2, 0.25) is 5.91 Å². The smallest absolute Gasteiger partial charge is 0.222 e. The highest BCUT2D eigenvalue weighted by atomic mass is 19.2. The highest BCUT2D eigenvalue weighted by Crippen LogP contribution is 2.29. The molecule has 0 saturated heterocycles. The van der Waals surface area contributed by atoms with Crippen LogP contribution in [0.15, 0.2) is 24.7 Å². The van der Waals surface area contributed by atoms with E-state index in [1.807, 2.05) is 0 Å². The molecule has 2 aromatic heterocycles. The molecule has 1 amide bonds. The number of halogens is 2. The molecule has 0 bridgehead atoms. The lowest BCUT2D eigenvalue weighted by molar-refractivity contribution is -0.114. The van der Waals surface area contributed by atoms with Crippen molar-refractivity contribution < 1.29 is 23.0 Å². The second kappa shape index (κ2) is 9.56. The molecule has 26 heavy (non-hydrogen) atoms. The molecule has 0 aromatic carbocycles. The number of aromatic nitrogens is 3. The SMILES string of the molecule is COCCOc1cnc(NC(C)=O)cc1Nc1cncc([C@H](F)CF)n1. The van der Waals surface area contributed by atoms with Crippen molar-refractivity contribution in [1.29, 1.82) is 0 Å². The van der Waals surface area contributed by atoms with Gasteiger partial charge in [-0.1, -0.05) is 0 Å². The largest absolute Gasteiger partial charge is 0.487 e. The molecule has 2 aromatic rings. The topological polar surface area (TPSA) is 98.3 Å². The number of anilines is 3. The van der Waals surface area contributed by atoms with Crippen molar-refractivity contribution in [2.24, 2.45) is 0 Å². The third-order valence-corrected chi connectivity index (χ3v) is 3.09. The van der Waals surface area contributed by atoms with E-state index in [1.165, 1.54) is 25.4 Å². The Bertz CT molecular complexity index is 748. The standard InChI is InChI=1S/C16H19F2N5O3/c1-10(24)21-15-5-12(14(8-20-15)26-4-3-25-2)22-16-9-19-7-13(23-16)11(18)6-17/h5,7-9,11H,3-4,6H2,1-2H3,(H2,20,21,22,23,24)/t11-/m1/s1. The summed E-state index contributed by atoms with van der Waals surface area (Å²) < 4.78 is 36.5. The van der Waals surface area contributed by atoms with Crippen molar-refractivity contribution in [3.63, 3.8) is 0 Å². The normalized spacial score (nSPS) is 11.7. The number of rotatable bonds is 9. The van der Waals surface area contributed by atoms with Crippen LogP contribution in [0.2, 0.25) is 0 Å². The van der Waals surface area contributed by atoms with Gasteiger partial charge in [-0.15, -0.1) is 0 Å². The molecule has 0 unspecified atom stereocenters. The lowest BCUT2D eigenvalue weighted by Crippen LogP contribution is -2.10. The Morgan fingerprint density at radius 2 is 2.08 bits per heavy atom. The number of carbonyl (C=O) groups excluding carboxylic acids is 1. The summed E-state index contributed by atoms with van der Waals surface area (Å²) in [6.07, 6.45) is 2.07. The highest BCUT2D eigenvalue weighted by Gasteiger charge is 2.14. The fourth-order valence-corrected chi connectivity index (χ4v) is 1.95. The van der Waals surface area contributed by atoms with Gasteiger partial charge in [0.05, 0.1) is 36.6 Å². The van der Waals surface area contributed by atoms with Crippen molar-refractivity contribution >= 4 is 23.2 Å². The van der Waals surface area contributed by atoms with Gasteiger partial charge in [0.15, 0.2) is 11.9 Å². The molecule has 0 aliphatic rings. The van der Waals surface area contributed by atoms with Crippen molar-refractivity contribution in [1.82, 2.24) is 15.0 Å². The van der Waals surface area contributed by atoms with Crippen LogP contribution in [0.3, 0.4) is 0 Å². The van der Waals surface area contributed by atoms with Crippen LogP contribution in [0.25, 0.3) is 0 Å². The molecule has 0 aliphatic carbocycles. The van der Waals surface area contributed by atoms with E-state index in [4.69, 9.17) is 9.47 Å². The van der Waals surface area contributed by atoms with Crippen LogP contribution < -0.4 is 15.4 Å². The van der Waals surface area contributed by atoms with Gasteiger partial charge >= 0.3 is 0 Å². The number of alkyl halides is 2. The number of hydrogen-bond donors (Lipinski definition) is 2. The van der Waals surface area contributed by atoms with Gasteiger partial charge in [0, 0.05) is 20.1 Å². The van der Waals surface area contributed by atoms with Crippen molar-refractivity contribution in [3.8, 4) is 5.75 Å². The summed E-state index contributed by atoms with van der Waals surface area (Å²) in [6.45, 7) is 0.797. The van der Waals surface area contributed by atoms with Crippen molar-refractivity contribution in [2.45, 2.75) is 13.1 Å². The minimum atomic E-state index is -1.85. The first-order chi connectivity index (χ1) is 12.5. The van der Waals surface area contributed by atoms with E-state index in [2.05, 4.69) is 25.6 Å². The minimum Gasteiger partial charge on any atom is -0.487 e. The number of nitrogens with zero attached hydrogens (tertiary/aromatic N) is 3. The fraction of sp³-hybridized carbons (Fsp3) is 0.375. The predicted octanol–water partition coefficient (Wildman–Crippen LogP) is 2.58. The van der Waals surface area contributed by atoms with Gasteiger partial charge < -0.3 is 20.1 Å². The molecule has 0 aliphatic heterocycles. The summed E-state index contributed by atoms with van der Waals surface area (Å²) in [6, 6.07) is 1.53. The molecule has 140 valence electrons. The van der Waals surface area contributed by atoms with E-state index in [9.17, 15) is 13.6 Å². The molecule has 2 N–H and O–H groups in total. The Morgan fingerprint density at radius 3 is 2.77 bits per heavy atom.